The van der Waals surface area contributed by atoms with Gasteiger partial charge in [0.2, 0.25) is 0 Å². The summed E-state index contributed by atoms with van der Waals surface area (Å²) in [5.41, 5.74) is 6.99. The predicted molar refractivity (Wildman–Crippen MR) is 71.7 cm³/mol. The van der Waals surface area contributed by atoms with Crippen LogP contribution in [0.15, 0.2) is 23.1 Å². The van der Waals surface area contributed by atoms with Gasteiger partial charge in [0.1, 0.15) is 0 Å². The molecule has 0 aliphatic rings. The normalized spacial score (nSPS) is 12.0. The average molecular weight is 255 g/mol. The van der Waals surface area contributed by atoms with Crippen LogP contribution >= 0.6 is 0 Å². The van der Waals surface area contributed by atoms with Gasteiger partial charge in [-0.15, -0.1) is 0 Å². The molecule has 0 spiro atoms. The van der Waals surface area contributed by atoms with Crippen LogP contribution in [0.2, 0.25) is 0 Å². The molecule has 0 aromatic heterocycles. The van der Waals surface area contributed by atoms with Crippen molar-refractivity contribution < 1.29 is 8.42 Å². The number of nitrogens with two attached hydrogens (primary N) is 1. The average Bonchev–Trinajstić information content (AvgIpc) is 2.20. The Hall–Kier alpha value is -1.03. The number of hydrogen-bond acceptors (Lipinski definition) is 3. The summed E-state index contributed by atoms with van der Waals surface area (Å²) in [6.07, 6.45) is 1.61. The van der Waals surface area contributed by atoms with Crippen LogP contribution in [0, 0.1) is 12.8 Å². The van der Waals surface area contributed by atoms with E-state index in [1.807, 2.05) is 13.0 Å². The van der Waals surface area contributed by atoms with Gasteiger partial charge >= 0.3 is 0 Å². The minimum atomic E-state index is -3.23. The molecule has 1 aromatic rings. The fourth-order valence-electron chi connectivity index (χ4n) is 1.70. The highest BCUT2D eigenvalue weighted by Crippen LogP contribution is 2.22. The molecule has 0 atom stereocenters. The van der Waals surface area contributed by atoms with Crippen LogP contribution in [0.4, 0.5) is 5.69 Å². The fraction of sp³-hybridized carbons (Fsp3) is 0.538. The largest absolute Gasteiger partial charge is 0.398 e. The summed E-state index contributed by atoms with van der Waals surface area (Å²) in [5, 5.41) is 0. The zero-order valence-electron chi connectivity index (χ0n) is 10.7. The maximum Gasteiger partial charge on any atom is 0.180 e. The molecule has 0 fully saturated rings. The third kappa shape index (κ3) is 4.04. The highest BCUT2D eigenvalue weighted by atomic mass is 32.2. The van der Waals surface area contributed by atoms with E-state index < -0.39 is 9.84 Å². The van der Waals surface area contributed by atoms with E-state index in [4.69, 9.17) is 5.73 Å². The Morgan fingerprint density at radius 1 is 1.29 bits per heavy atom. The first-order valence-electron chi connectivity index (χ1n) is 5.92. The first-order chi connectivity index (χ1) is 7.83. The molecule has 2 N–H and O–H groups in total. The van der Waals surface area contributed by atoms with E-state index in [9.17, 15) is 8.42 Å². The molecule has 1 aromatic carbocycles. The van der Waals surface area contributed by atoms with Gasteiger partial charge in [-0.3, -0.25) is 0 Å². The molecule has 17 heavy (non-hydrogen) atoms. The molecule has 0 radical (unpaired) electrons. The van der Waals surface area contributed by atoms with Gasteiger partial charge in [0.15, 0.2) is 9.84 Å². The lowest BCUT2D eigenvalue weighted by Crippen LogP contribution is -2.10. The summed E-state index contributed by atoms with van der Waals surface area (Å²) in [7, 11) is -3.23. The molecule has 0 heterocycles. The molecular weight excluding hydrogens is 234 g/mol. The van der Waals surface area contributed by atoms with Crippen molar-refractivity contribution in [3.05, 3.63) is 23.8 Å². The Morgan fingerprint density at radius 3 is 2.53 bits per heavy atom. The highest BCUT2D eigenvalue weighted by Gasteiger charge is 2.17. The van der Waals surface area contributed by atoms with Crippen molar-refractivity contribution in [1.82, 2.24) is 0 Å². The number of aryl methyl sites for hydroxylation is 1. The van der Waals surface area contributed by atoms with Crippen LogP contribution in [-0.4, -0.2) is 14.2 Å². The third-order valence-electron chi connectivity index (χ3n) is 2.70. The van der Waals surface area contributed by atoms with Crippen LogP contribution in [0.3, 0.4) is 0 Å². The summed E-state index contributed by atoms with van der Waals surface area (Å²) in [4.78, 5) is 0.279. The summed E-state index contributed by atoms with van der Waals surface area (Å²) >= 11 is 0. The monoisotopic (exact) mass is 255 g/mol. The molecule has 0 aliphatic carbocycles. The standard InChI is InChI=1S/C13H21NO2S/c1-10(2)5-4-8-17(15,16)13-9-11(3)6-7-12(13)14/h6-7,9-10H,4-5,8,14H2,1-3H3. The minimum Gasteiger partial charge on any atom is -0.398 e. The summed E-state index contributed by atoms with van der Waals surface area (Å²) < 4.78 is 24.2. The van der Waals surface area contributed by atoms with Crippen LogP contribution in [0.5, 0.6) is 0 Å². The molecule has 96 valence electrons. The molecule has 0 unspecified atom stereocenters. The van der Waals surface area contributed by atoms with Crippen molar-refractivity contribution >= 4 is 15.5 Å². The van der Waals surface area contributed by atoms with Gasteiger partial charge in [0, 0.05) is 0 Å². The molecule has 0 saturated heterocycles. The summed E-state index contributed by atoms with van der Waals surface area (Å²) in [6, 6.07) is 5.13. The molecule has 0 bridgehead atoms. The number of rotatable bonds is 5. The van der Waals surface area contributed by atoms with Gasteiger partial charge in [0.25, 0.3) is 0 Å². The molecule has 0 aliphatic heterocycles. The van der Waals surface area contributed by atoms with Crippen LogP contribution < -0.4 is 5.73 Å². The Bertz CT molecular complexity index is 478. The van der Waals surface area contributed by atoms with Gasteiger partial charge in [0.05, 0.1) is 16.3 Å². The first kappa shape index (κ1) is 14.0. The molecule has 3 nitrogen and oxygen atoms in total. The maximum absolute atomic E-state index is 12.1. The van der Waals surface area contributed by atoms with Crippen molar-refractivity contribution in [2.24, 2.45) is 5.92 Å². The van der Waals surface area contributed by atoms with Gasteiger partial charge in [-0.25, -0.2) is 8.42 Å². The van der Waals surface area contributed by atoms with E-state index in [0.29, 0.717) is 18.0 Å². The summed E-state index contributed by atoms with van der Waals surface area (Å²) in [5.74, 6) is 0.707. The smallest absolute Gasteiger partial charge is 0.180 e. The molecule has 1 rings (SSSR count). The topological polar surface area (TPSA) is 60.2 Å². The Labute approximate surface area is 104 Å². The van der Waals surface area contributed by atoms with Crippen molar-refractivity contribution in [2.45, 2.75) is 38.5 Å². The summed E-state index contributed by atoms with van der Waals surface area (Å²) in [6.45, 7) is 6.05. The van der Waals surface area contributed by atoms with Gasteiger partial charge < -0.3 is 5.73 Å². The predicted octanol–water partition coefficient (Wildman–Crippen LogP) is 2.79. The second kappa shape index (κ2) is 5.54. The molecule has 4 heteroatoms. The minimum absolute atomic E-state index is 0.179. The Morgan fingerprint density at radius 2 is 1.94 bits per heavy atom. The SMILES string of the molecule is Cc1ccc(N)c(S(=O)(=O)CCCC(C)C)c1. The van der Waals surface area contributed by atoms with Crippen molar-refractivity contribution in [2.75, 3.05) is 11.5 Å². The van der Waals surface area contributed by atoms with Crippen LogP contribution in [0.1, 0.15) is 32.3 Å². The number of sulfone groups is 1. The van der Waals surface area contributed by atoms with E-state index in [1.165, 1.54) is 0 Å². The van der Waals surface area contributed by atoms with Gasteiger partial charge in [-0.2, -0.15) is 0 Å². The van der Waals surface area contributed by atoms with E-state index >= 15 is 0 Å². The first-order valence-corrected chi connectivity index (χ1v) is 7.57. The van der Waals surface area contributed by atoms with E-state index in [-0.39, 0.29) is 10.6 Å². The van der Waals surface area contributed by atoms with Crippen molar-refractivity contribution in [3.8, 4) is 0 Å². The van der Waals surface area contributed by atoms with Crippen molar-refractivity contribution in [3.63, 3.8) is 0 Å². The fourth-order valence-corrected chi connectivity index (χ4v) is 3.26. The Kier molecular flexibility index (Phi) is 4.57. The van der Waals surface area contributed by atoms with Crippen molar-refractivity contribution in [1.29, 1.82) is 0 Å². The third-order valence-corrected chi connectivity index (χ3v) is 4.55. The molecular formula is C13H21NO2S. The van der Waals surface area contributed by atoms with Gasteiger partial charge in [-0.1, -0.05) is 19.9 Å². The quantitative estimate of drug-likeness (QED) is 0.823. The second-order valence-corrected chi connectivity index (χ2v) is 6.97. The Balaban J connectivity index is 2.86. The lowest BCUT2D eigenvalue weighted by atomic mass is 10.1. The highest BCUT2D eigenvalue weighted by molar-refractivity contribution is 7.91. The molecule has 0 saturated carbocycles. The zero-order chi connectivity index (χ0) is 13.1. The lowest BCUT2D eigenvalue weighted by Gasteiger charge is -2.09. The number of nitrogen functional groups attached to an aromatic ring is 1. The second-order valence-electron chi connectivity index (χ2n) is 4.90. The maximum atomic E-state index is 12.1. The van der Waals surface area contributed by atoms with Crippen LogP contribution in [-0.2, 0) is 9.84 Å². The van der Waals surface area contributed by atoms with E-state index in [2.05, 4.69) is 13.8 Å². The number of anilines is 1. The van der Waals surface area contributed by atoms with Gasteiger partial charge in [-0.05, 0) is 43.4 Å². The molecule has 0 amide bonds. The number of hydrogen-bond donors (Lipinski definition) is 1. The number of benzene rings is 1. The van der Waals surface area contributed by atoms with E-state index in [0.717, 1.165) is 12.0 Å². The zero-order valence-corrected chi connectivity index (χ0v) is 11.5. The van der Waals surface area contributed by atoms with Crippen LogP contribution in [0.25, 0.3) is 0 Å². The van der Waals surface area contributed by atoms with E-state index in [1.54, 1.807) is 12.1 Å². The lowest BCUT2D eigenvalue weighted by molar-refractivity contribution is 0.560.